The predicted octanol–water partition coefficient (Wildman–Crippen LogP) is 5.73. The number of amides is 1. The van der Waals surface area contributed by atoms with E-state index in [1.165, 1.54) is 31.2 Å². The van der Waals surface area contributed by atoms with Crippen LogP contribution in [0.4, 0.5) is 10.1 Å². The summed E-state index contributed by atoms with van der Waals surface area (Å²) in [7, 11) is 0. The first-order valence-electron chi connectivity index (χ1n) is 11.0. The van der Waals surface area contributed by atoms with E-state index in [9.17, 15) is 14.0 Å². The van der Waals surface area contributed by atoms with Gasteiger partial charge in [-0.2, -0.15) is 9.78 Å². The summed E-state index contributed by atoms with van der Waals surface area (Å²) in [4.78, 5) is 24.4. The molecule has 7 heteroatoms. The number of rotatable bonds is 6. The first-order chi connectivity index (χ1) is 16.5. The Labute approximate surface area is 196 Å². The maximum atomic E-state index is 13.1. The molecule has 170 valence electrons. The van der Waals surface area contributed by atoms with Crippen LogP contribution in [0, 0.1) is 5.82 Å². The molecule has 1 aliphatic rings. The number of ether oxygens (including phenoxy) is 1. The highest BCUT2D eigenvalue weighted by molar-refractivity contribution is 6.04. The molecule has 1 fully saturated rings. The topological polar surface area (TPSA) is 73.2 Å². The van der Waals surface area contributed by atoms with Crippen LogP contribution in [-0.2, 0) is 4.79 Å². The van der Waals surface area contributed by atoms with Crippen molar-refractivity contribution in [3.63, 3.8) is 0 Å². The molecule has 1 aliphatic carbocycles. The van der Waals surface area contributed by atoms with Crippen LogP contribution in [0.3, 0.4) is 0 Å². The summed E-state index contributed by atoms with van der Waals surface area (Å²) in [5.74, 6) is -0.462. The Bertz CT molecular complexity index is 1340. The predicted molar refractivity (Wildman–Crippen MR) is 127 cm³/mol. The standard InChI is InChI=1S/C27H22FN3O3/c1-17(32)34-27-24(25(19-7-8-19)30-31(27)23-5-3-2-4-6-23)18-11-15-22(16-12-18)29-26(33)20-9-13-21(28)14-10-20/h2-6,9-16,19H,7-8H2,1H3,(H,29,33). The molecule has 0 spiro atoms. The van der Waals surface area contributed by atoms with Gasteiger partial charge in [0, 0.05) is 24.1 Å². The number of para-hydroxylation sites is 1. The van der Waals surface area contributed by atoms with Gasteiger partial charge in [-0.05, 0) is 66.9 Å². The second-order valence-electron chi connectivity index (χ2n) is 8.22. The molecule has 1 saturated carbocycles. The minimum Gasteiger partial charge on any atom is -0.407 e. The third kappa shape index (κ3) is 4.45. The number of halogens is 1. The summed E-state index contributed by atoms with van der Waals surface area (Å²) in [6, 6.07) is 22.2. The molecule has 0 saturated heterocycles. The van der Waals surface area contributed by atoms with E-state index in [1.54, 1.807) is 16.8 Å². The zero-order valence-electron chi connectivity index (χ0n) is 18.5. The number of nitrogens with zero attached hydrogens (tertiary/aromatic N) is 2. The average Bonchev–Trinajstić information content (AvgIpc) is 3.62. The number of nitrogens with one attached hydrogen (secondary N) is 1. The van der Waals surface area contributed by atoms with Gasteiger partial charge in [-0.15, -0.1) is 0 Å². The number of benzene rings is 3. The molecule has 0 atom stereocenters. The molecule has 1 aromatic heterocycles. The monoisotopic (exact) mass is 455 g/mol. The Morgan fingerprint density at radius 3 is 2.26 bits per heavy atom. The fourth-order valence-corrected chi connectivity index (χ4v) is 3.83. The molecule has 1 amide bonds. The minimum absolute atomic E-state index is 0.312. The number of carbonyl (C=O) groups is 2. The third-order valence-corrected chi connectivity index (χ3v) is 5.61. The van der Waals surface area contributed by atoms with E-state index in [1.807, 2.05) is 42.5 Å². The van der Waals surface area contributed by atoms with Gasteiger partial charge < -0.3 is 10.1 Å². The minimum atomic E-state index is -0.427. The quantitative estimate of drug-likeness (QED) is 0.377. The highest BCUT2D eigenvalue weighted by Gasteiger charge is 2.34. The van der Waals surface area contributed by atoms with Crippen LogP contribution in [0.5, 0.6) is 5.88 Å². The highest BCUT2D eigenvalue weighted by Crippen LogP contribution is 2.48. The van der Waals surface area contributed by atoms with Crippen LogP contribution < -0.4 is 10.1 Å². The van der Waals surface area contributed by atoms with Crippen molar-refractivity contribution in [3.8, 4) is 22.7 Å². The Morgan fingerprint density at radius 2 is 1.65 bits per heavy atom. The Hall–Kier alpha value is -4.26. The molecule has 34 heavy (non-hydrogen) atoms. The van der Waals surface area contributed by atoms with Crippen molar-refractivity contribution in [2.75, 3.05) is 5.32 Å². The summed E-state index contributed by atoms with van der Waals surface area (Å²) in [6.45, 7) is 1.37. The van der Waals surface area contributed by atoms with E-state index in [4.69, 9.17) is 9.84 Å². The van der Waals surface area contributed by atoms with Gasteiger partial charge in [0.05, 0.1) is 16.9 Å². The maximum Gasteiger partial charge on any atom is 0.309 e. The van der Waals surface area contributed by atoms with Crippen LogP contribution in [-0.4, -0.2) is 21.7 Å². The van der Waals surface area contributed by atoms with E-state index in [2.05, 4.69) is 5.32 Å². The molecule has 5 rings (SSSR count). The van der Waals surface area contributed by atoms with E-state index < -0.39 is 11.8 Å². The summed E-state index contributed by atoms with van der Waals surface area (Å²) in [5, 5.41) is 7.64. The van der Waals surface area contributed by atoms with Crippen LogP contribution in [0.15, 0.2) is 78.9 Å². The van der Waals surface area contributed by atoms with E-state index >= 15 is 0 Å². The van der Waals surface area contributed by atoms with Crippen LogP contribution in [0.1, 0.15) is 41.7 Å². The van der Waals surface area contributed by atoms with Crippen LogP contribution >= 0.6 is 0 Å². The van der Waals surface area contributed by atoms with Crippen molar-refractivity contribution < 1.29 is 18.7 Å². The highest BCUT2D eigenvalue weighted by atomic mass is 19.1. The molecule has 0 bridgehead atoms. The van der Waals surface area contributed by atoms with Crippen LogP contribution in [0.2, 0.25) is 0 Å². The SMILES string of the molecule is CC(=O)Oc1c(-c2ccc(NC(=O)c3ccc(F)cc3)cc2)c(C2CC2)nn1-c1ccccc1. The lowest BCUT2D eigenvalue weighted by atomic mass is 10.0. The molecular formula is C27H22FN3O3. The van der Waals surface area contributed by atoms with Crippen molar-refractivity contribution in [1.82, 2.24) is 9.78 Å². The molecule has 6 nitrogen and oxygen atoms in total. The molecule has 4 aromatic rings. The van der Waals surface area contributed by atoms with Gasteiger partial charge in [0.1, 0.15) is 5.82 Å². The Morgan fingerprint density at radius 1 is 0.971 bits per heavy atom. The molecular weight excluding hydrogens is 433 g/mol. The molecule has 3 aromatic carbocycles. The van der Waals surface area contributed by atoms with Crippen molar-refractivity contribution in [2.45, 2.75) is 25.7 Å². The van der Waals surface area contributed by atoms with Gasteiger partial charge in [-0.1, -0.05) is 30.3 Å². The zero-order chi connectivity index (χ0) is 23.7. The van der Waals surface area contributed by atoms with Crippen molar-refractivity contribution in [1.29, 1.82) is 0 Å². The largest absolute Gasteiger partial charge is 0.407 e. The Balaban J connectivity index is 1.50. The first-order valence-corrected chi connectivity index (χ1v) is 11.0. The third-order valence-electron chi connectivity index (χ3n) is 5.61. The second kappa shape index (κ2) is 8.94. The number of carbonyl (C=O) groups excluding carboxylic acids is 2. The number of anilines is 1. The molecule has 0 unspecified atom stereocenters. The lowest BCUT2D eigenvalue weighted by Gasteiger charge is -2.10. The first kappa shape index (κ1) is 21.6. The van der Waals surface area contributed by atoms with Gasteiger partial charge >= 0.3 is 5.97 Å². The number of hydrogen-bond acceptors (Lipinski definition) is 4. The maximum absolute atomic E-state index is 13.1. The summed E-state index contributed by atoms with van der Waals surface area (Å²) >= 11 is 0. The van der Waals surface area contributed by atoms with Crippen molar-refractivity contribution in [2.24, 2.45) is 0 Å². The molecule has 0 aliphatic heterocycles. The fraction of sp³-hybridized carbons (Fsp3) is 0.148. The van der Waals surface area contributed by atoms with Gasteiger partial charge in [0.2, 0.25) is 5.88 Å². The number of aromatic nitrogens is 2. The average molecular weight is 455 g/mol. The van der Waals surface area contributed by atoms with Gasteiger partial charge in [-0.25, -0.2) is 4.39 Å². The fourth-order valence-electron chi connectivity index (χ4n) is 3.83. The van der Waals surface area contributed by atoms with Gasteiger partial charge in [0.25, 0.3) is 5.91 Å². The lowest BCUT2D eigenvalue weighted by molar-refractivity contribution is -0.132. The lowest BCUT2D eigenvalue weighted by Crippen LogP contribution is -2.11. The van der Waals surface area contributed by atoms with Crippen molar-refractivity contribution in [3.05, 3.63) is 95.9 Å². The van der Waals surface area contributed by atoms with Crippen LogP contribution in [0.25, 0.3) is 16.8 Å². The molecule has 0 radical (unpaired) electrons. The number of hydrogen-bond donors (Lipinski definition) is 1. The number of esters is 1. The summed E-state index contributed by atoms with van der Waals surface area (Å²) < 4.78 is 20.5. The summed E-state index contributed by atoms with van der Waals surface area (Å²) in [6.07, 6.45) is 2.06. The molecule has 1 heterocycles. The smallest absolute Gasteiger partial charge is 0.309 e. The van der Waals surface area contributed by atoms with Crippen molar-refractivity contribution >= 4 is 17.6 Å². The second-order valence-corrected chi connectivity index (χ2v) is 8.22. The van der Waals surface area contributed by atoms with E-state index in [0.29, 0.717) is 23.0 Å². The van der Waals surface area contributed by atoms with Gasteiger partial charge in [0.15, 0.2) is 0 Å². The van der Waals surface area contributed by atoms with E-state index in [-0.39, 0.29) is 5.91 Å². The molecule has 1 N–H and O–H groups in total. The van der Waals surface area contributed by atoms with Gasteiger partial charge in [-0.3, -0.25) is 9.59 Å². The summed E-state index contributed by atoms with van der Waals surface area (Å²) in [5.41, 5.74) is 4.26. The normalized spacial score (nSPS) is 12.9. The zero-order valence-corrected chi connectivity index (χ0v) is 18.5. The van der Waals surface area contributed by atoms with E-state index in [0.717, 1.165) is 35.3 Å². The Kier molecular flexibility index (Phi) is 5.67.